The van der Waals surface area contributed by atoms with Gasteiger partial charge in [-0.2, -0.15) is 0 Å². The van der Waals surface area contributed by atoms with E-state index in [1.165, 1.54) is 12.1 Å². The van der Waals surface area contributed by atoms with Crippen LogP contribution in [0, 0.1) is 5.82 Å². The molecule has 0 bridgehead atoms. The van der Waals surface area contributed by atoms with Crippen molar-refractivity contribution in [2.45, 2.75) is 6.04 Å². The SMILES string of the molecule is O=C(NCC(=O)N1CCNCC1c1cccc(F)c1)c1ccccc1. The summed E-state index contributed by atoms with van der Waals surface area (Å²) in [5.74, 6) is -0.792. The minimum Gasteiger partial charge on any atom is -0.343 e. The number of nitrogens with zero attached hydrogens (tertiary/aromatic N) is 1. The van der Waals surface area contributed by atoms with Crippen molar-refractivity contribution in [3.05, 3.63) is 71.5 Å². The van der Waals surface area contributed by atoms with E-state index in [2.05, 4.69) is 10.6 Å². The Morgan fingerprint density at radius 1 is 1.16 bits per heavy atom. The molecule has 1 aliphatic rings. The van der Waals surface area contributed by atoms with E-state index in [0.29, 0.717) is 25.2 Å². The molecule has 0 radical (unpaired) electrons. The zero-order valence-corrected chi connectivity index (χ0v) is 13.7. The maximum atomic E-state index is 13.5. The van der Waals surface area contributed by atoms with Gasteiger partial charge in [-0.15, -0.1) is 0 Å². The molecule has 2 amide bonds. The van der Waals surface area contributed by atoms with Gasteiger partial charge in [0.1, 0.15) is 5.82 Å². The van der Waals surface area contributed by atoms with Gasteiger partial charge < -0.3 is 15.5 Å². The second kappa shape index (κ2) is 7.90. The number of benzene rings is 2. The fourth-order valence-corrected chi connectivity index (χ4v) is 2.96. The van der Waals surface area contributed by atoms with Crippen LogP contribution in [-0.4, -0.2) is 42.9 Å². The maximum absolute atomic E-state index is 13.5. The molecule has 3 rings (SSSR count). The number of halogens is 1. The number of hydrogen-bond acceptors (Lipinski definition) is 3. The molecule has 0 saturated carbocycles. The van der Waals surface area contributed by atoms with Crippen LogP contribution in [0.3, 0.4) is 0 Å². The van der Waals surface area contributed by atoms with Crippen molar-refractivity contribution in [2.24, 2.45) is 0 Å². The number of hydrogen-bond donors (Lipinski definition) is 2. The summed E-state index contributed by atoms with van der Waals surface area (Å²) >= 11 is 0. The quantitative estimate of drug-likeness (QED) is 0.890. The normalized spacial score (nSPS) is 17.2. The largest absolute Gasteiger partial charge is 0.343 e. The first-order chi connectivity index (χ1) is 12.1. The second-order valence-corrected chi connectivity index (χ2v) is 5.91. The van der Waals surface area contributed by atoms with E-state index in [0.717, 1.165) is 5.56 Å². The molecule has 1 unspecified atom stereocenters. The molecule has 0 aliphatic carbocycles. The number of amides is 2. The average molecular weight is 341 g/mol. The third kappa shape index (κ3) is 4.22. The van der Waals surface area contributed by atoms with Crippen molar-refractivity contribution in [1.29, 1.82) is 0 Å². The minimum atomic E-state index is -0.326. The monoisotopic (exact) mass is 341 g/mol. The molecule has 1 saturated heterocycles. The lowest BCUT2D eigenvalue weighted by Gasteiger charge is -2.36. The molecule has 2 N–H and O–H groups in total. The Balaban J connectivity index is 1.66. The van der Waals surface area contributed by atoms with Gasteiger partial charge in [0.15, 0.2) is 0 Å². The Morgan fingerprint density at radius 3 is 2.72 bits per heavy atom. The molecule has 25 heavy (non-hydrogen) atoms. The molecule has 2 aromatic carbocycles. The molecule has 1 fully saturated rings. The summed E-state index contributed by atoms with van der Waals surface area (Å²) in [7, 11) is 0. The number of nitrogens with one attached hydrogen (secondary N) is 2. The van der Waals surface area contributed by atoms with Crippen LogP contribution in [-0.2, 0) is 4.79 Å². The van der Waals surface area contributed by atoms with E-state index in [4.69, 9.17) is 0 Å². The molecule has 5 nitrogen and oxygen atoms in total. The van der Waals surface area contributed by atoms with Gasteiger partial charge in [-0.1, -0.05) is 30.3 Å². The van der Waals surface area contributed by atoms with Crippen molar-refractivity contribution in [3.63, 3.8) is 0 Å². The second-order valence-electron chi connectivity index (χ2n) is 5.91. The van der Waals surface area contributed by atoms with Crippen LogP contribution >= 0.6 is 0 Å². The Morgan fingerprint density at radius 2 is 1.96 bits per heavy atom. The van der Waals surface area contributed by atoms with Crippen LogP contribution in [0.1, 0.15) is 22.0 Å². The number of piperazine rings is 1. The van der Waals surface area contributed by atoms with E-state index in [1.54, 1.807) is 35.2 Å². The summed E-state index contributed by atoms with van der Waals surface area (Å²) in [6.07, 6.45) is 0. The lowest BCUT2D eigenvalue weighted by Crippen LogP contribution is -2.51. The Labute approximate surface area is 145 Å². The fourth-order valence-electron chi connectivity index (χ4n) is 2.96. The van der Waals surface area contributed by atoms with Crippen molar-refractivity contribution < 1.29 is 14.0 Å². The fraction of sp³-hybridized carbons (Fsp3) is 0.263. The van der Waals surface area contributed by atoms with Crippen LogP contribution in [0.15, 0.2) is 54.6 Å². The van der Waals surface area contributed by atoms with Crippen molar-refractivity contribution in [2.75, 3.05) is 26.2 Å². The third-order valence-electron chi connectivity index (χ3n) is 4.23. The van der Waals surface area contributed by atoms with Gasteiger partial charge in [-0.25, -0.2) is 4.39 Å². The predicted molar refractivity (Wildman–Crippen MR) is 92.5 cm³/mol. The Bertz CT molecular complexity index is 751. The smallest absolute Gasteiger partial charge is 0.251 e. The third-order valence-corrected chi connectivity index (χ3v) is 4.23. The molecule has 1 aliphatic heterocycles. The van der Waals surface area contributed by atoms with Crippen LogP contribution < -0.4 is 10.6 Å². The highest BCUT2D eigenvalue weighted by Crippen LogP contribution is 2.22. The Kier molecular flexibility index (Phi) is 5.40. The van der Waals surface area contributed by atoms with Gasteiger partial charge in [0.25, 0.3) is 5.91 Å². The molecular formula is C19H20FN3O2. The molecule has 6 heteroatoms. The van der Waals surface area contributed by atoms with E-state index in [1.807, 2.05) is 12.1 Å². The first-order valence-corrected chi connectivity index (χ1v) is 8.24. The molecule has 0 spiro atoms. The molecule has 130 valence electrons. The summed E-state index contributed by atoms with van der Waals surface area (Å²) in [5, 5.41) is 5.88. The van der Waals surface area contributed by atoms with Crippen LogP contribution in [0.4, 0.5) is 4.39 Å². The molecule has 0 aromatic heterocycles. The standard InChI is InChI=1S/C19H20FN3O2/c20-16-8-4-7-15(11-16)17-12-21-9-10-23(17)18(24)13-22-19(25)14-5-2-1-3-6-14/h1-8,11,17,21H,9-10,12-13H2,(H,22,25). The summed E-state index contributed by atoms with van der Waals surface area (Å²) < 4.78 is 13.5. The van der Waals surface area contributed by atoms with E-state index >= 15 is 0 Å². The maximum Gasteiger partial charge on any atom is 0.251 e. The zero-order chi connectivity index (χ0) is 17.6. The van der Waals surface area contributed by atoms with Gasteiger partial charge in [0, 0.05) is 25.2 Å². The lowest BCUT2D eigenvalue weighted by molar-refractivity contribution is -0.133. The highest BCUT2D eigenvalue weighted by molar-refractivity contribution is 5.96. The van der Waals surface area contributed by atoms with Crippen molar-refractivity contribution in [3.8, 4) is 0 Å². The number of carbonyl (C=O) groups excluding carboxylic acids is 2. The van der Waals surface area contributed by atoms with Gasteiger partial charge in [-0.3, -0.25) is 9.59 Å². The molecule has 1 atom stereocenters. The average Bonchev–Trinajstić information content (AvgIpc) is 2.66. The van der Waals surface area contributed by atoms with Gasteiger partial charge in [0.2, 0.25) is 5.91 Å². The van der Waals surface area contributed by atoms with E-state index < -0.39 is 0 Å². The summed E-state index contributed by atoms with van der Waals surface area (Å²) in [4.78, 5) is 26.4. The highest BCUT2D eigenvalue weighted by atomic mass is 19.1. The van der Waals surface area contributed by atoms with E-state index in [9.17, 15) is 14.0 Å². The van der Waals surface area contributed by atoms with Gasteiger partial charge >= 0.3 is 0 Å². The summed E-state index contributed by atoms with van der Waals surface area (Å²) in [6.45, 7) is 1.66. The lowest BCUT2D eigenvalue weighted by atomic mass is 10.0. The van der Waals surface area contributed by atoms with Crippen LogP contribution in [0.25, 0.3) is 0 Å². The predicted octanol–water partition coefficient (Wildman–Crippen LogP) is 1.73. The van der Waals surface area contributed by atoms with Crippen LogP contribution in [0.2, 0.25) is 0 Å². The van der Waals surface area contributed by atoms with E-state index in [-0.39, 0.29) is 30.2 Å². The molecule has 1 heterocycles. The van der Waals surface area contributed by atoms with Gasteiger partial charge in [-0.05, 0) is 29.8 Å². The zero-order valence-electron chi connectivity index (χ0n) is 13.7. The van der Waals surface area contributed by atoms with Crippen molar-refractivity contribution in [1.82, 2.24) is 15.5 Å². The minimum absolute atomic E-state index is 0.0838. The van der Waals surface area contributed by atoms with Crippen LogP contribution in [0.5, 0.6) is 0 Å². The topological polar surface area (TPSA) is 61.4 Å². The summed E-state index contributed by atoms with van der Waals surface area (Å²) in [5.41, 5.74) is 1.26. The number of rotatable bonds is 4. The molecule has 2 aromatic rings. The first kappa shape index (κ1) is 17.1. The Hall–Kier alpha value is -2.73. The van der Waals surface area contributed by atoms with Crippen molar-refractivity contribution >= 4 is 11.8 Å². The molecular weight excluding hydrogens is 321 g/mol. The number of carbonyl (C=O) groups is 2. The first-order valence-electron chi connectivity index (χ1n) is 8.24. The highest BCUT2D eigenvalue weighted by Gasteiger charge is 2.28. The van der Waals surface area contributed by atoms with Gasteiger partial charge in [0.05, 0.1) is 12.6 Å². The summed E-state index contributed by atoms with van der Waals surface area (Å²) in [6, 6.07) is 14.8.